The lowest BCUT2D eigenvalue weighted by Crippen LogP contribution is -2.56. The molecule has 1 aliphatic heterocycles. The lowest BCUT2D eigenvalue weighted by Gasteiger charge is -2.27. The van der Waals surface area contributed by atoms with Gasteiger partial charge in [0.1, 0.15) is 5.76 Å². The summed E-state index contributed by atoms with van der Waals surface area (Å²) in [5.74, 6) is 0.486. The van der Waals surface area contributed by atoms with Crippen LogP contribution in [0.1, 0.15) is 16.2 Å². The van der Waals surface area contributed by atoms with Crippen LogP contribution in [-0.2, 0) is 0 Å². The van der Waals surface area contributed by atoms with E-state index in [0.717, 1.165) is 13.1 Å². The summed E-state index contributed by atoms with van der Waals surface area (Å²) in [6, 6.07) is 1.87. The van der Waals surface area contributed by atoms with Crippen LogP contribution >= 0.6 is 0 Å². The number of carbonyl (C=O) groups excluding carboxylic acids is 1. The van der Waals surface area contributed by atoms with E-state index in [-0.39, 0.29) is 11.9 Å². The van der Waals surface area contributed by atoms with Gasteiger partial charge in [0.05, 0.1) is 6.04 Å². The Morgan fingerprint density at radius 3 is 3.00 bits per heavy atom. The molecule has 1 saturated heterocycles. The molecule has 2 heterocycles. The fraction of sp³-hybridized carbons (Fsp3) is 0.500. The third-order valence-electron chi connectivity index (χ3n) is 1.98. The molecule has 2 rings (SSSR count). The quantitative estimate of drug-likeness (QED) is 0.656. The first kappa shape index (κ1) is 8.25. The van der Waals surface area contributed by atoms with Crippen LogP contribution in [0.2, 0.25) is 0 Å². The zero-order chi connectivity index (χ0) is 9.26. The average Bonchev–Trinajstić information content (AvgIpc) is 2.44. The molecule has 5 heteroatoms. The smallest absolute Gasteiger partial charge is 0.273 e. The van der Waals surface area contributed by atoms with Crippen LogP contribution in [-0.4, -0.2) is 30.2 Å². The van der Waals surface area contributed by atoms with Crippen LogP contribution in [0.4, 0.5) is 0 Å². The van der Waals surface area contributed by atoms with Gasteiger partial charge < -0.3 is 15.2 Å². The first-order valence-electron chi connectivity index (χ1n) is 4.20. The van der Waals surface area contributed by atoms with E-state index >= 15 is 0 Å². The van der Waals surface area contributed by atoms with Crippen LogP contribution in [0.5, 0.6) is 0 Å². The second-order valence-electron chi connectivity index (χ2n) is 3.15. The number of aryl methyl sites for hydroxylation is 1. The zero-order valence-corrected chi connectivity index (χ0v) is 7.33. The van der Waals surface area contributed by atoms with Gasteiger partial charge in [-0.15, -0.1) is 0 Å². The van der Waals surface area contributed by atoms with E-state index < -0.39 is 0 Å². The highest BCUT2D eigenvalue weighted by Gasteiger charge is 2.20. The lowest BCUT2D eigenvalue weighted by molar-refractivity contribution is 0.0914. The van der Waals surface area contributed by atoms with Gasteiger partial charge >= 0.3 is 0 Å². The minimum Gasteiger partial charge on any atom is -0.361 e. The number of carbonyl (C=O) groups is 1. The molecular weight excluding hydrogens is 170 g/mol. The van der Waals surface area contributed by atoms with Gasteiger partial charge in [0, 0.05) is 19.2 Å². The zero-order valence-electron chi connectivity index (χ0n) is 7.33. The summed E-state index contributed by atoms with van der Waals surface area (Å²) >= 11 is 0. The fourth-order valence-electron chi connectivity index (χ4n) is 1.12. The molecule has 2 N–H and O–H groups in total. The number of nitrogens with zero attached hydrogens (tertiary/aromatic N) is 1. The SMILES string of the molecule is Cc1cc(C(=O)NC2CNC2)no1. The lowest BCUT2D eigenvalue weighted by atomic mass is 10.2. The molecule has 0 bridgehead atoms. The van der Waals surface area contributed by atoms with E-state index in [4.69, 9.17) is 4.52 Å². The minimum absolute atomic E-state index is 0.164. The number of nitrogens with one attached hydrogen (secondary N) is 2. The van der Waals surface area contributed by atoms with Crippen molar-refractivity contribution in [2.24, 2.45) is 0 Å². The number of rotatable bonds is 2. The van der Waals surface area contributed by atoms with E-state index in [2.05, 4.69) is 15.8 Å². The maximum atomic E-state index is 11.4. The van der Waals surface area contributed by atoms with Crippen LogP contribution in [0.25, 0.3) is 0 Å². The van der Waals surface area contributed by atoms with Gasteiger partial charge in [-0.3, -0.25) is 4.79 Å². The average molecular weight is 181 g/mol. The Morgan fingerprint density at radius 2 is 2.54 bits per heavy atom. The molecule has 5 nitrogen and oxygen atoms in total. The molecular formula is C8H11N3O2. The minimum atomic E-state index is -0.164. The molecule has 0 unspecified atom stereocenters. The Balaban J connectivity index is 1.96. The molecule has 70 valence electrons. The van der Waals surface area contributed by atoms with Crippen molar-refractivity contribution in [3.8, 4) is 0 Å². The molecule has 0 aliphatic carbocycles. The molecule has 0 aromatic carbocycles. The Morgan fingerprint density at radius 1 is 1.77 bits per heavy atom. The molecule has 1 fully saturated rings. The first-order valence-corrected chi connectivity index (χ1v) is 4.20. The highest BCUT2D eigenvalue weighted by atomic mass is 16.5. The van der Waals surface area contributed by atoms with E-state index in [1.165, 1.54) is 0 Å². The first-order chi connectivity index (χ1) is 6.25. The van der Waals surface area contributed by atoms with Gasteiger partial charge in [-0.1, -0.05) is 5.16 Å². The van der Waals surface area contributed by atoms with Crippen molar-refractivity contribution in [2.75, 3.05) is 13.1 Å². The van der Waals surface area contributed by atoms with Gasteiger partial charge in [-0.25, -0.2) is 0 Å². The van der Waals surface area contributed by atoms with E-state index in [1.807, 2.05) is 0 Å². The van der Waals surface area contributed by atoms with Crippen LogP contribution in [0.15, 0.2) is 10.6 Å². The summed E-state index contributed by atoms with van der Waals surface area (Å²) in [5.41, 5.74) is 0.351. The third kappa shape index (κ3) is 1.70. The maximum Gasteiger partial charge on any atom is 0.273 e. The maximum absolute atomic E-state index is 11.4. The number of amides is 1. The highest BCUT2D eigenvalue weighted by molar-refractivity contribution is 5.92. The second kappa shape index (κ2) is 3.18. The summed E-state index contributed by atoms with van der Waals surface area (Å²) in [7, 11) is 0. The molecule has 1 aromatic rings. The summed E-state index contributed by atoms with van der Waals surface area (Å²) in [4.78, 5) is 11.4. The van der Waals surface area contributed by atoms with Gasteiger partial charge in [0.25, 0.3) is 5.91 Å². The highest BCUT2D eigenvalue weighted by Crippen LogP contribution is 2.02. The van der Waals surface area contributed by atoms with Crippen molar-refractivity contribution < 1.29 is 9.32 Å². The molecule has 1 aromatic heterocycles. The second-order valence-corrected chi connectivity index (χ2v) is 3.15. The molecule has 0 atom stereocenters. The molecule has 0 saturated carbocycles. The Labute approximate surface area is 75.5 Å². The van der Waals surface area contributed by atoms with Gasteiger partial charge in [-0.05, 0) is 6.92 Å². The Hall–Kier alpha value is -1.36. The normalized spacial score (nSPS) is 16.7. The standard InChI is InChI=1S/C8H11N3O2/c1-5-2-7(11-13-5)8(12)10-6-3-9-4-6/h2,6,9H,3-4H2,1H3,(H,10,12). The molecule has 1 aliphatic rings. The summed E-state index contributed by atoms with van der Waals surface area (Å²) < 4.78 is 4.79. The van der Waals surface area contributed by atoms with Crippen LogP contribution < -0.4 is 10.6 Å². The third-order valence-corrected chi connectivity index (χ3v) is 1.98. The van der Waals surface area contributed by atoms with E-state index in [0.29, 0.717) is 11.5 Å². The topological polar surface area (TPSA) is 67.2 Å². The van der Waals surface area contributed by atoms with Crippen molar-refractivity contribution >= 4 is 5.91 Å². The van der Waals surface area contributed by atoms with Crippen molar-refractivity contribution in [2.45, 2.75) is 13.0 Å². The fourth-order valence-corrected chi connectivity index (χ4v) is 1.12. The van der Waals surface area contributed by atoms with Crippen molar-refractivity contribution in [3.05, 3.63) is 17.5 Å². The van der Waals surface area contributed by atoms with Crippen LogP contribution in [0.3, 0.4) is 0 Å². The van der Waals surface area contributed by atoms with E-state index in [9.17, 15) is 4.79 Å². The molecule has 0 radical (unpaired) electrons. The van der Waals surface area contributed by atoms with E-state index in [1.54, 1.807) is 13.0 Å². The van der Waals surface area contributed by atoms with Gasteiger partial charge in [-0.2, -0.15) is 0 Å². The van der Waals surface area contributed by atoms with Gasteiger partial charge in [0.15, 0.2) is 5.69 Å². The number of aromatic nitrogens is 1. The summed E-state index contributed by atoms with van der Waals surface area (Å²) in [6.07, 6.45) is 0. The number of hydrogen-bond acceptors (Lipinski definition) is 4. The predicted molar refractivity (Wildman–Crippen MR) is 45.4 cm³/mol. The van der Waals surface area contributed by atoms with Crippen molar-refractivity contribution in [3.63, 3.8) is 0 Å². The summed E-state index contributed by atoms with van der Waals surface area (Å²) in [5, 5.41) is 9.51. The predicted octanol–water partition coefficient (Wildman–Crippen LogP) is -0.315. The number of hydrogen-bond donors (Lipinski definition) is 2. The van der Waals surface area contributed by atoms with Gasteiger partial charge in [0.2, 0.25) is 0 Å². The van der Waals surface area contributed by atoms with Crippen molar-refractivity contribution in [1.29, 1.82) is 0 Å². The molecule has 0 spiro atoms. The monoisotopic (exact) mass is 181 g/mol. The largest absolute Gasteiger partial charge is 0.361 e. The summed E-state index contributed by atoms with van der Waals surface area (Å²) in [6.45, 7) is 3.43. The Kier molecular flexibility index (Phi) is 2.02. The Bertz CT molecular complexity index is 317. The van der Waals surface area contributed by atoms with Crippen molar-refractivity contribution in [1.82, 2.24) is 15.8 Å². The molecule has 13 heavy (non-hydrogen) atoms. The molecule has 1 amide bonds. The van der Waals surface area contributed by atoms with Crippen LogP contribution in [0, 0.1) is 6.92 Å².